The molecule has 0 radical (unpaired) electrons. The summed E-state index contributed by atoms with van der Waals surface area (Å²) in [7, 11) is 0. The molecule has 2 fully saturated rings. The highest BCUT2D eigenvalue weighted by Gasteiger charge is 2.47. The summed E-state index contributed by atoms with van der Waals surface area (Å²) in [6.07, 6.45) is 3.61. The summed E-state index contributed by atoms with van der Waals surface area (Å²) in [5.41, 5.74) is 2.44. The molecule has 2 aromatic carbocycles. The Balaban J connectivity index is 1.33. The Labute approximate surface area is 198 Å². The lowest BCUT2D eigenvalue weighted by Crippen LogP contribution is -2.53. The Hall–Kier alpha value is -3.62. The first-order valence-electron chi connectivity index (χ1n) is 11.8. The number of rotatable bonds is 2. The normalized spacial score (nSPS) is 23.2. The highest BCUT2D eigenvalue weighted by Crippen LogP contribution is 2.51. The molecule has 4 heterocycles. The summed E-state index contributed by atoms with van der Waals surface area (Å²) in [6.45, 7) is 5.76. The van der Waals surface area contributed by atoms with Crippen LogP contribution < -0.4 is 9.64 Å². The Morgan fingerprint density at radius 1 is 1.03 bits per heavy atom. The van der Waals surface area contributed by atoms with Crippen LogP contribution in [0.5, 0.6) is 11.5 Å². The Kier molecular flexibility index (Phi) is 4.75. The van der Waals surface area contributed by atoms with Gasteiger partial charge in [0.25, 0.3) is 0 Å². The average Bonchev–Trinajstić information content (AvgIpc) is 3.42. The van der Waals surface area contributed by atoms with Crippen LogP contribution in [0.3, 0.4) is 0 Å². The second-order valence-electron chi connectivity index (χ2n) is 10.3. The molecule has 1 aromatic heterocycles. The number of aromatic nitrogens is 4. The Morgan fingerprint density at radius 3 is 2.47 bits per heavy atom. The van der Waals surface area contributed by atoms with Gasteiger partial charge in [-0.25, -0.2) is 9.89 Å². The maximum absolute atomic E-state index is 13.0. The molecule has 34 heavy (non-hydrogen) atoms. The molecule has 9 heteroatoms. The second kappa shape index (κ2) is 7.72. The van der Waals surface area contributed by atoms with Crippen LogP contribution in [-0.2, 0) is 4.74 Å². The number of anilines is 2. The number of amides is 1. The van der Waals surface area contributed by atoms with E-state index in [0.717, 1.165) is 54.1 Å². The molecule has 1 N–H and O–H groups in total. The molecule has 3 aliphatic rings. The van der Waals surface area contributed by atoms with Crippen LogP contribution in [0.25, 0.3) is 11.4 Å². The number of ether oxygens (including phenoxy) is 2. The van der Waals surface area contributed by atoms with Gasteiger partial charge in [-0.3, -0.25) is 0 Å². The number of nitrogens with zero attached hydrogens (tertiary/aromatic N) is 5. The van der Waals surface area contributed by atoms with E-state index >= 15 is 0 Å². The molecule has 2 saturated heterocycles. The predicted molar refractivity (Wildman–Crippen MR) is 126 cm³/mol. The van der Waals surface area contributed by atoms with E-state index in [-0.39, 0.29) is 24.2 Å². The Bertz CT molecular complexity index is 1210. The van der Waals surface area contributed by atoms with Gasteiger partial charge in [-0.2, -0.15) is 0 Å². The van der Waals surface area contributed by atoms with E-state index in [1.807, 2.05) is 56.0 Å². The van der Waals surface area contributed by atoms with Crippen molar-refractivity contribution in [3.8, 4) is 22.9 Å². The summed E-state index contributed by atoms with van der Waals surface area (Å²) in [6, 6.07) is 14.8. The zero-order valence-corrected chi connectivity index (χ0v) is 19.6. The van der Waals surface area contributed by atoms with Crippen molar-refractivity contribution in [2.24, 2.45) is 0 Å². The van der Waals surface area contributed by atoms with Gasteiger partial charge in [0.15, 0.2) is 17.3 Å². The van der Waals surface area contributed by atoms with E-state index in [9.17, 15) is 4.79 Å². The molecule has 9 nitrogen and oxygen atoms in total. The van der Waals surface area contributed by atoms with Crippen molar-refractivity contribution in [2.75, 3.05) is 4.90 Å². The van der Waals surface area contributed by atoms with E-state index < -0.39 is 5.60 Å². The quantitative estimate of drug-likeness (QED) is 0.572. The first-order valence-corrected chi connectivity index (χ1v) is 11.8. The van der Waals surface area contributed by atoms with Crippen molar-refractivity contribution in [1.29, 1.82) is 0 Å². The average molecular weight is 461 g/mol. The number of carbonyl (C=O) groups is 1. The second-order valence-corrected chi connectivity index (χ2v) is 10.3. The van der Waals surface area contributed by atoms with Crippen LogP contribution in [0.2, 0.25) is 0 Å². The van der Waals surface area contributed by atoms with Crippen LogP contribution in [0.1, 0.15) is 46.5 Å². The number of fused-ring (bicyclic) bond motifs is 4. The fourth-order valence-corrected chi connectivity index (χ4v) is 5.58. The van der Waals surface area contributed by atoms with Crippen LogP contribution in [0, 0.1) is 0 Å². The fourth-order valence-electron chi connectivity index (χ4n) is 5.58. The molecular weight excluding hydrogens is 432 g/mol. The number of piperidine rings is 1. The molecule has 6 rings (SSSR count). The summed E-state index contributed by atoms with van der Waals surface area (Å²) >= 11 is 0. The molecule has 176 valence electrons. The molecule has 0 unspecified atom stereocenters. The van der Waals surface area contributed by atoms with Gasteiger partial charge >= 0.3 is 6.09 Å². The summed E-state index contributed by atoms with van der Waals surface area (Å²) in [5, 5.41) is 14.2. The number of aromatic amines is 1. The van der Waals surface area contributed by atoms with E-state index in [1.54, 1.807) is 0 Å². The van der Waals surface area contributed by atoms with E-state index in [4.69, 9.17) is 9.47 Å². The lowest BCUT2D eigenvalue weighted by Gasteiger charge is -2.45. The van der Waals surface area contributed by atoms with E-state index in [1.165, 1.54) is 0 Å². The van der Waals surface area contributed by atoms with Gasteiger partial charge < -0.3 is 19.3 Å². The third-order valence-electron chi connectivity index (χ3n) is 6.86. The number of benzene rings is 2. The number of nitrogens with one attached hydrogen (secondary N) is 1. The van der Waals surface area contributed by atoms with Gasteiger partial charge in [-0.1, -0.05) is 12.1 Å². The molecule has 3 aromatic rings. The van der Waals surface area contributed by atoms with Crippen molar-refractivity contribution in [2.45, 2.75) is 70.2 Å². The minimum absolute atomic E-state index is 0.177. The minimum atomic E-state index is -0.494. The largest absolute Gasteiger partial charge is 0.453 e. The van der Waals surface area contributed by atoms with E-state index in [2.05, 4.69) is 37.7 Å². The Morgan fingerprint density at radius 2 is 1.76 bits per heavy atom. The monoisotopic (exact) mass is 460 g/mol. The van der Waals surface area contributed by atoms with Gasteiger partial charge in [0.05, 0.1) is 11.4 Å². The van der Waals surface area contributed by atoms with Crippen molar-refractivity contribution < 1.29 is 14.3 Å². The van der Waals surface area contributed by atoms with Crippen molar-refractivity contribution in [3.05, 3.63) is 42.5 Å². The molecule has 1 amide bonds. The lowest BCUT2D eigenvalue weighted by molar-refractivity contribution is 0.00613. The van der Waals surface area contributed by atoms with Crippen molar-refractivity contribution in [3.63, 3.8) is 0 Å². The van der Waals surface area contributed by atoms with Gasteiger partial charge in [0.2, 0.25) is 0 Å². The number of tetrazole rings is 1. The van der Waals surface area contributed by atoms with Crippen LogP contribution in [0.4, 0.5) is 16.2 Å². The lowest BCUT2D eigenvalue weighted by atomic mass is 9.94. The highest BCUT2D eigenvalue weighted by atomic mass is 16.6. The van der Waals surface area contributed by atoms with Gasteiger partial charge in [-0.15, -0.1) is 5.10 Å². The molecule has 0 spiro atoms. The molecule has 3 aliphatic heterocycles. The third kappa shape index (κ3) is 3.55. The standard InChI is InChI=1S/C25H28N6O3/c1-25(2,3)34-24(32)30-16-9-10-17(30)14-18(13-16)31-19-6-4-5-7-21(19)33-22-12-15(8-11-20(22)31)23-26-28-29-27-23/h4-8,11-12,16-18H,9-10,13-14H2,1-3H3,(H,26,27,28,29)/t16-,17+,18-. The van der Waals surface area contributed by atoms with E-state index in [0.29, 0.717) is 5.82 Å². The topological polar surface area (TPSA) is 96.5 Å². The van der Waals surface area contributed by atoms with Gasteiger partial charge in [0, 0.05) is 23.7 Å². The number of hydrogen-bond acceptors (Lipinski definition) is 7. The number of carbonyl (C=O) groups excluding carboxylic acids is 1. The number of para-hydroxylation sites is 2. The SMILES string of the molecule is CC(C)(C)OC(=O)N1[C@@H]2CC[C@H]1C[C@H](N1c3ccccc3Oc3cc(-c4nnn[nH]4)ccc31)C2. The van der Waals surface area contributed by atoms with Crippen molar-refractivity contribution in [1.82, 2.24) is 25.5 Å². The zero-order valence-electron chi connectivity index (χ0n) is 19.6. The first kappa shape index (κ1) is 20.9. The molecule has 3 atom stereocenters. The number of H-pyrrole nitrogens is 1. The minimum Gasteiger partial charge on any atom is -0.453 e. The van der Waals surface area contributed by atoms with Crippen molar-refractivity contribution >= 4 is 17.5 Å². The summed E-state index contributed by atoms with van der Waals surface area (Å²) < 4.78 is 12.0. The summed E-state index contributed by atoms with van der Waals surface area (Å²) in [4.78, 5) is 17.3. The fraction of sp³-hybridized carbons (Fsp3) is 0.440. The van der Waals surface area contributed by atoms with Crippen LogP contribution in [0.15, 0.2) is 42.5 Å². The zero-order chi connectivity index (χ0) is 23.4. The van der Waals surface area contributed by atoms with Gasteiger partial charge in [0.1, 0.15) is 5.60 Å². The van der Waals surface area contributed by atoms with Gasteiger partial charge in [-0.05, 0) is 87.2 Å². The van der Waals surface area contributed by atoms with Crippen LogP contribution >= 0.6 is 0 Å². The molecule has 0 aliphatic carbocycles. The molecule has 0 saturated carbocycles. The molecule has 2 bridgehead atoms. The predicted octanol–water partition coefficient (Wildman–Crippen LogP) is 5.04. The smallest absolute Gasteiger partial charge is 0.410 e. The number of hydrogen-bond donors (Lipinski definition) is 1. The maximum atomic E-state index is 13.0. The third-order valence-corrected chi connectivity index (χ3v) is 6.86. The maximum Gasteiger partial charge on any atom is 0.410 e. The van der Waals surface area contributed by atoms with Crippen LogP contribution in [-0.4, -0.2) is 55.3 Å². The summed E-state index contributed by atoms with van der Waals surface area (Å²) in [5.74, 6) is 2.19. The highest BCUT2D eigenvalue weighted by molar-refractivity contribution is 5.81. The molecular formula is C25H28N6O3. The first-order chi connectivity index (χ1) is 16.4.